The number of methoxy groups -OCH3 is 1. The van der Waals surface area contributed by atoms with Crippen molar-refractivity contribution in [2.24, 2.45) is 0 Å². The van der Waals surface area contributed by atoms with E-state index in [-0.39, 0.29) is 11.4 Å². The Bertz CT molecular complexity index is 1060. The zero-order valence-electron chi connectivity index (χ0n) is 20.2. The van der Waals surface area contributed by atoms with E-state index in [2.05, 4.69) is 4.90 Å². The standard InChI is InChI=1S/C26H32N2O6S/c1-3-13-34-19-8-7-18(17-20(19)32-2)23-22(24(29)21-6-4-16-35-21)25(30)26(31)28(23)10-5-9-27-11-14-33-15-12-27/h4,6-8,16-17,23,30H,3,5,9-15H2,1-2H3/t23-/m0/s1. The Hall–Kier alpha value is -2.88. The molecule has 4 rings (SSSR count). The van der Waals surface area contributed by atoms with Crippen molar-refractivity contribution in [2.75, 3.05) is 53.1 Å². The van der Waals surface area contributed by atoms with Gasteiger partial charge in [-0.1, -0.05) is 19.1 Å². The van der Waals surface area contributed by atoms with Crippen molar-refractivity contribution in [3.8, 4) is 11.5 Å². The van der Waals surface area contributed by atoms with E-state index in [1.807, 2.05) is 13.0 Å². The zero-order chi connectivity index (χ0) is 24.8. The monoisotopic (exact) mass is 500 g/mol. The molecule has 1 saturated heterocycles. The second kappa shape index (κ2) is 11.7. The fourth-order valence-corrected chi connectivity index (χ4v) is 5.16. The van der Waals surface area contributed by atoms with Crippen LogP contribution in [0.25, 0.3) is 0 Å². The average Bonchev–Trinajstić information content (AvgIpc) is 3.51. The number of hydrogen-bond acceptors (Lipinski definition) is 8. The summed E-state index contributed by atoms with van der Waals surface area (Å²) >= 11 is 1.29. The molecule has 0 spiro atoms. The number of carbonyl (C=O) groups excluding carboxylic acids is 2. The molecule has 35 heavy (non-hydrogen) atoms. The van der Waals surface area contributed by atoms with Gasteiger partial charge in [-0.05, 0) is 42.0 Å². The summed E-state index contributed by atoms with van der Waals surface area (Å²) in [4.78, 5) is 31.0. The number of carbonyl (C=O) groups is 2. The van der Waals surface area contributed by atoms with E-state index in [4.69, 9.17) is 14.2 Å². The van der Waals surface area contributed by atoms with Crippen molar-refractivity contribution in [2.45, 2.75) is 25.8 Å². The molecule has 0 unspecified atom stereocenters. The van der Waals surface area contributed by atoms with Gasteiger partial charge in [0, 0.05) is 26.2 Å². The topological polar surface area (TPSA) is 88.5 Å². The van der Waals surface area contributed by atoms with Gasteiger partial charge >= 0.3 is 0 Å². The number of aliphatic hydroxyl groups excluding tert-OH is 1. The summed E-state index contributed by atoms with van der Waals surface area (Å²) < 4.78 is 16.7. The number of amides is 1. The Labute approximate surface area is 209 Å². The van der Waals surface area contributed by atoms with Gasteiger partial charge in [-0.15, -0.1) is 11.3 Å². The van der Waals surface area contributed by atoms with Crippen molar-refractivity contribution in [3.05, 3.63) is 57.5 Å². The predicted molar refractivity (Wildman–Crippen MR) is 133 cm³/mol. The second-order valence-electron chi connectivity index (χ2n) is 8.54. The summed E-state index contributed by atoms with van der Waals surface area (Å²) in [5, 5.41) is 12.7. The van der Waals surface area contributed by atoms with E-state index in [0.29, 0.717) is 54.7 Å². The fourth-order valence-electron chi connectivity index (χ4n) is 4.48. The third-order valence-corrected chi connectivity index (χ3v) is 7.10. The van der Waals surface area contributed by atoms with Crippen molar-refractivity contribution >= 4 is 23.0 Å². The van der Waals surface area contributed by atoms with Crippen LogP contribution in [0.3, 0.4) is 0 Å². The third kappa shape index (κ3) is 5.52. The summed E-state index contributed by atoms with van der Waals surface area (Å²) in [6, 6.07) is 8.19. The van der Waals surface area contributed by atoms with Gasteiger partial charge in [0.25, 0.3) is 5.91 Å². The minimum Gasteiger partial charge on any atom is -0.503 e. The maximum Gasteiger partial charge on any atom is 0.290 e. The minimum atomic E-state index is -0.712. The van der Waals surface area contributed by atoms with E-state index >= 15 is 0 Å². The molecule has 1 fully saturated rings. The van der Waals surface area contributed by atoms with Crippen LogP contribution in [0.4, 0.5) is 0 Å². The molecule has 0 saturated carbocycles. The lowest BCUT2D eigenvalue weighted by molar-refractivity contribution is -0.129. The first-order chi connectivity index (χ1) is 17.0. The molecule has 0 aliphatic carbocycles. The number of hydrogen-bond donors (Lipinski definition) is 1. The highest BCUT2D eigenvalue weighted by Crippen LogP contribution is 2.42. The molecule has 1 aromatic heterocycles. The number of rotatable bonds is 11. The Morgan fingerprint density at radius 2 is 2.00 bits per heavy atom. The molecule has 0 bridgehead atoms. The summed E-state index contributed by atoms with van der Waals surface area (Å²) in [6.07, 6.45) is 1.57. The molecule has 8 nitrogen and oxygen atoms in total. The molecule has 1 amide bonds. The number of ether oxygens (including phenoxy) is 3. The number of morpholine rings is 1. The van der Waals surface area contributed by atoms with Gasteiger partial charge in [-0.25, -0.2) is 0 Å². The molecular weight excluding hydrogens is 468 g/mol. The third-order valence-electron chi connectivity index (χ3n) is 6.24. The van der Waals surface area contributed by atoms with Gasteiger partial charge in [-0.2, -0.15) is 0 Å². The highest BCUT2D eigenvalue weighted by molar-refractivity contribution is 7.12. The Kier molecular flexibility index (Phi) is 8.43. The fraction of sp³-hybridized carbons (Fsp3) is 0.462. The molecule has 3 heterocycles. The number of aliphatic hydroxyl groups is 1. The Morgan fingerprint density at radius 3 is 2.69 bits per heavy atom. The van der Waals surface area contributed by atoms with Gasteiger partial charge in [-0.3, -0.25) is 14.5 Å². The number of benzene rings is 1. The molecule has 0 radical (unpaired) electrons. The first-order valence-corrected chi connectivity index (χ1v) is 12.9. The van der Waals surface area contributed by atoms with Crippen molar-refractivity contribution in [1.82, 2.24) is 9.80 Å². The molecule has 1 atom stereocenters. The largest absolute Gasteiger partial charge is 0.503 e. The van der Waals surface area contributed by atoms with Crippen LogP contribution >= 0.6 is 11.3 Å². The van der Waals surface area contributed by atoms with Gasteiger partial charge in [0.2, 0.25) is 5.78 Å². The van der Waals surface area contributed by atoms with Gasteiger partial charge in [0.15, 0.2) is 17.3 Å². The molecule has 188 valence electrons. The summed E-state index contributed by atoms with van der Waals surface area (Å²) in [5.74, 6) is -0.226. The lowest BCUT2D eigenvalue weighted by Crippen LogP contribution is -2.39. The van der Waals surface area contributed by atoms with Gasteiger partial charge < -0.3 is 24.2 Å². The smallest absolute Gasteiger partial charge is 0.290 e. The van der Waals surface area contributed by atoms with E-state index in [1.165, 1.54) is 11.3 Å². The highest BCUT2D eigenvalue weighted by Gasteiger charge is 2.44. The predicted octanol–water partition coefficient (Wildman–Crippen LogP) is 3.85. The normalized spacial score (nSPS) is 18.9. The number of ketones is 1. The van der Waals surface area contributed by atoms with Crippen LogP contribution in [0.5, 0.6) is 11.5 Å². The molecule has 2 aromatic rings. The number of thiophene rings is 1. The van der Waals surface area contributed by atoms with Crippen LogP contribution in [0.2, 0.25) is 0 Å². The molecule has 9 heteroatoms. The van der Waals surface area contributed by atoms with Crippen LogP contribution in [0, 0.1) is 0 Å². The highest BCUT2D eigenvalue weighted by atomic mass is 32.1. The molecule has 2 aliphatic rings. The van der Waals surface area contributed by atoms with E-state index in [1.54, 1.807) is 41.7 Å². The molecular formula is C26H32N2O6S. The van der Waals surface area contributed by atoms with Crippen LogP contribution < -0.4 is 9.47 Å². The van der Waals surface area contributed by atoms with Crippen LogP contribution in [0.1, 0.15) is 41.0 Å². The maximum atomic E-state index is 13.4. The maximum absolute atomic E-state index is 13.4. The SMILES string of the molecule is CCCOc1ccc([C@H]2C(C(=O)c3cccs3)=C(O)C(=O)N2CCCN2CCOCC2)cc1OC. The second-order valence-corrected chi connectivity index (χ2v) is 9.48. The van der Waals surface area contributed by atoms with E-state index < -0.39 is 17.7 Å². The minimum absolute atomic E-state index is 0.105. The van der Waals surface area contributed by atoms with Crippen molar-refractivity contribution in [3.63, 3.8) is 0 Å². The number of nitrogens with zero attached hydrogens (tertiary/aromatic N) is 2. The lowest BCUT2D eigenvalue weighted by atomic mass is 9.95. The van der Waals surface area contributed by atoms with Crippen LogP contribution in [0.15, 0.2) is 47.0 Å². The summed E-state index contributed by atoms with van der Waals surface area (Å²) in [5.41, 5.74) is 0.794. The average molecular weight is 501 g/mol. The quantitative estimate of drug-likeness (QED) is 0.469. The van der Waals surface area contributed by atoms with Gasteiger partial charge in [0.05, 0.1) is 43.4 Å². The zero-order valence-corrected chi connectivity index (χ0v) is 21.0. The number of Topliss-reactive ketones (excluding diaryl/α,β-unsaturated/α-hetero) is 1. The molecule has 1 aromatic carbocycles. The molecule has 1 N–H and O–H groups in total. The lowest BCUT2D eigenvalue weighted by Gasteiger charge is -2.30. The Balaban J connectivity index is 1.64. The first kappa shape index (κ1) is 25.2. The molecule has 2 aliphatic heterocycles. The van der Waals surface area contributed by atoms with Crippen LogP contribution in [-0.2, 0) is 9.53 Å². The van der Waals surface area contributed by atoms with Crippen molar-refractivity contribution in [1.29, 1.82) is 0 Å². The van der Waals surface area contributed by atoms with E-state index in [0.717, 1.165) is 26.1 Å². The van der Waals surface area contributed by atoms with Crippen molar-refractivity contribution < 1.29 is 28.9 Å². The summed E-state index contributed by atoms with van der Waals surface area (Å²) in [7, 11) is 1.56. The first-order valence-electron chi connectivity index (χ1n) is 12.0. The van der Waals surface area contributed by atoms with Gasteiger partial charge in [0.1, 0.15) is 0 Å². The van der Waals surface area contributed by atoms with Crippen LogP contribution in [-0.4, -0.2) is 79.7 Å². The summed E-state index contributed by atoms with van der Waals surface area (Å²) in [6.45, 7) is 6.92. The van der Waals surface area contributed by atoms with E-state index in [9.17, 15) is 14.7 Å². The Morgan fingerprint density at radius 1 is 1.20 bits per heavy atom.